The molecule has 0 unspecified atom stereocenters. The van der Waals surface area contributed by atoms with Crippen molar-refractivity contribution in [3.8, 4) is 0 Å². The molecule has 0 spiro atoms. The Labute approximate surface area is 83.9 Å². The van der Waals surface area contributed by atoms with Crippen LogP contribution < -0.4 is 0 Å². The number of thiophene rings is 1. The fourth-order valence-electron chi connectivity index (χ4n) is 0.900. The Morgan fingerprint density at radius 2 is 2.23 bits per heavy atom. The first-order valence-electron chi connectivity index (χ1n) is 4.24. The average molecular weight is 190 g/mol. The Bertz CT molecular complexity index is 322. The van der Waals surface area contributed by atoms with Crippen LogP contribution in [0.5, 0.6) is 0 Å². The molecule has 0 atom stereocenters. The van der Waals surface area contributed by atoms with Gasteiger partial charge < -0.3 is 0 Å². The molecule has 0 aliphatic rings. The Morgan fingerprint density at radius 1 is 1.46 bits per heavy atom. The standard InChI is InChI=1S/C12H14S/c1-10(2)6-4-7-11(3)12-8-5-9-13-12/h4-9H,3H2,1-2H3/b7-4-. The maximum atomic E-state index is 3.99. The Morgan fingerprint density at radius 3 is 2.77 bits per heavy atom. The fraction of sp³-hybridized carbons (Fsp3) is 0.167. The van der Waals surface area contributed by atoms with Crippen LogP contribution in [0.2, 0.25) is 0 Å². The third kappa shape index (κ3) is 3.43. The molecule has 1 heteroatoms. The highest BCUT2D eigenvalue weighted by Crippen LogP contribution is 2.19. The van der Waals surface area contributed by atoms with E-state index >= 15 is 0 Å². The van der Waals surface area contributed by atoms with E-state index in [2.05, 4.69) is 37.9 Å². The van der Waals surface area contributed by atoms with Gasteiger partial charge in [-0.2, -0.15) is 0 Å². The third-order valence-electron chi connectivity index (χ3n) is 1.56. The minimum atomic E-state index is 1.08. The molecular formula is C12H14S. The van der Waals surface area contributed by atoms with E-state index in [1.54, 1.807) is 11.3 Å². The summed E-state index contributed by atoms with van der Waals surface area (Å²) in [4.78, 5) is 1.23. The third-order valence-corrected chi connectivity index (χ3v) is 2.51. The van der Waals surface area contributed by atoms with Gasteiger partial charge in [-0.3, -0.25) is 0 Å². The predicted octanol–water partition coefficient (Wildman–Crippen LogP) is 4.28. The van der Waals surface area contributed by atoms with E-state index in [1.807, 2.05) is 18.2 Å². The SMILES string of the molecule is C=C(/C=C\C=C(C)C)c1cccs1. The van der Waals surface area contributed by atoms with Crippen molar-refractivity contribution in [3.05, 3.63) is 52.8 Å². The zero-order valence-corrected chi connectivity index (χ0v) is 8.90. The molecule has 0 aliphatic heterocycles. The van der Waals surface area contributed by atoms with Gasteiger partial charge in [-0.25, -0.2) is 0 Å². The summed E-state index contributed by atoms with van der Waals surface area (Å²) in [5.74, 6) is 0. The molecule has 0 N–H and O–H groups in total. The van der Waals surface area contributed by atoms with Gasteiger partial charge in [0.2, 0.25) is 0 Å². The lowest BCUT2D eigenvalue weighted by Crippen LogP contribution is -1.68. The van der Waals surface area contributed by atoms with E-state index in [-0.39, 0.29) is 0 Å². The molecule has 1 rings (SSSR count). The van der Waals surface area contributed by atoms with Crippen LogP contribution in [-0.2, 0) is 0 Å². The lowest BCUT2D eigenvalue weighted by Gasteiger charge is -1.92. The van der Waals surface area contributed by atoms with Gasteiger partial charge in [0.05, 0.1) is 0 Å². The molecule has 0 saturated heterocycles. The molecule has 0 bridgehead atoms. The highest BCUT2D eigenvalue weighted by atomic mass is 32.1. The predicted molar refractivity (Wildman–Crippen MR) is 61.9 cm³/mol. The first-order valence-corrected chi connectivity index (χ1v) is 5.12. The van der Waals surface area contributed by atoms with E-state index in [0.29, 0.717) is 0 Å². The van der Waals surface area contributed by atoms with Crippen molar-refractivity contribution in [2.75, 3.05) is 0 Å². The van der Waals surface area contributed by atoms with Crippen molar-refractivity contribution < 1.29 is 0 Å². The van der Waals surface area contributed by atoms with Crippen LogP contribution in [0.1, 0.15) is 18.7 Å². The van der Waals surface area contributed by atoms with Crippen molar-refractivity contribution in [1.29, 1.82) is 0 Å². The molecule has 68 valence electrons. The van der Waals surface area contributed by atoms with Crippen LogP contribution in [0.15, 0.2) is 47.9 Å². The molecule has 1 aromatic heterocycles. The molecule has 0 radical (unpaired) electrons. The van der Waals surface area contributed by atoms with Crippen molar-refractivity contribution in [3.63, 3.8) is 0 Å². The molecular weight excluding hydrogens is 176 g/mol. The topological polar surface area (TPSA) is 0 Å². The van der Waals surface area contributed by atoms with Crippen molar-refractivity contribution in [2.24, 2.45) is 0 Å². The number of allylic oxidation sites excluding steroid dienone is 5. The molecule has 0 saturated carbocycles. The zero-order chi connectivity index (χ0) is 9.68. The van der Waals surface area contributed by atoms with Gasteiger partial charge in [-0.15, -0.1) is 11.3 Å². The van der Waals surface area contributed by atoms with E-state index in [4.69, 9.17) is 0 Å². The van der Waals surface area contributed by atoms with Gasteiger partial charge in [0, 0.05) is 4.88 Å². The molecule has 1 heterocycles. The lowest BCUT2D eigenvalue weighted by molar-refractivity contribution is 1.39. The minimum absolute atomic E-state index is 1.08. The van der Waals surface area contributed by atoms with Crippen LogP contribution in [-0.4, -0.2) is 0 Å². The molecule has 0 aliphatic carbocycles. The second-order valence-electron chi connectivity index (χ2n) is 3.11. The zero-order valence-electron chi connectivity index (χ0n) is 8.08. The summed E-state index contributed by atoms with van der Waals surface area (Å²) in [5.41, 5.74) is 2.38. The molecule has 0 amide bonds. The fourth-order valence-corrected chi connectivity index (χ4v) is 1.58. The summed E-state index contributed by atoms with van der Waals surface area (Å²) >= 11 is 1.72. The molecule has 0 fully saturated rings. The smallest absolute Gasteiger partial charge is 0.0336 e. The highest BCUT2D eigenvalue weighted by Gasteiger charge is 1.92. The van der Waals surface area contributed by atoms with Crippen molar-refractivity contribution in [2.45, 2.75) is 13.8 Å². The highest BCUT2D eigenvalue weighted by molar-refractivity contribution is 7.11. The van der Waals surface area contributed by atoms with Gasteiger partial charge in [0.25, 0.3) is 0 Å². The number of hydrogen-bond acceptors (Lipinski definition) is 1. The summed E-state index contributed by atoms with van der Waals surface area (Å²) in [6.45, 7) is 8.15. The summed E-state index contributed by atoms with van der Waals surface area (Å²) in [5, 5.41) is 2.06. The largest absolute Gasteiger partial charge is 0.144 e. The van der Waals surface area contributed by atoms with Gasteiger partial charge in [-0.1, -0.05) is 36.4 Å². The van der Waals surface area contributed by atoms with Crippen LogP contribution in [0, 0.1) is 0 Å². The van der Waals surface area contributed by atoms with Gasteiger partial charge in [0.15, 0.2) is 0 Å². The second kappa shape index (κ2) is 4.83. The van der Waals surface area contributed by atoms with Gasteiger partial charge >= 0.3 is 0 Å². The van der Waals surface area contributed by atoms with Crippen LogP contribution in [0.3, 0.4) is 0 Å². The van der Waals surface area contributed by atoms with Gasteiger partial charge in [0.1, 0.15) is 0 Å². The lowest BCUT2D eigenvalue weighted by atomic mass is 10.2. The Hall–Kier alpha value is -1.08. The Kier molecular flexibility index (Phi) is 3.71. The maximum Gasteiger partial charge on any atom is 0.0336 e. The monoisotopic (exact) mass is 190 g/mol. The minimum Gasteiger partial charge on any atom is -0.144 e. The van der Waals surface area contributed by atoms with E-state index < -0.39 is 0 Å². The van der Waals surface area contributed by atoms with E-state index in [0.717, 1.165) is 5.57 Å². The van der Waals surface area contributed by atoms with E-state index in [1.165, 1.54) is 10.5 Å². The van der Waals surface area contributed by atoms with Crippen molar-refractivity contribution >= 4 is 16.9 Å². The molecule has 1 aromatic rings. The van der Waals surface area contributed by atoms with Crippen LogP contribution >= 0.6 is 11.3 Å². The number of rotatable bonds is 3. The number of hydrogen-bond donors (Lipinski definition) is 0. The summed E-state index contributed by atoms with van der Waals surface area (Å²) < 4.78 is 0. The second-order valence-corrected chi connectivity index (χ2v) is 4.05. The quantitative estimate of drug-likeness (QED) is 0.624. The van der Waals surface area contributed by atoms with E-state index in [9.17, 15) is 0 Å². The average Bonchev–Trinajstić information content (AvgIpc) is 2.55. The first kappa shape index (κ1) is 10.0. The summed E-state index contributed by atoms with van der Waals surface area (Å²) in [6.07, 6.45) is 6.16. The van der Waals surface area contributed by atoms with Crippen LogP contribution in [0.25, 0.3) is 5.57 Å². The first-order chi connectivity index (χ1) is 6.20. The molecule has 13 heavy (non-hydrogen) atoms. The Balaban J connectivity index is 2.62. The summed E-state index contributed by atoms with van der Waals surface area (Å²) in [7, 11) is 0. The van der Waals surface area contributed by atoms with Gasteiger partial charge in [-0.05, 0) is 30.9 Å². The maximum absolute atomic E-state index is 3.99. The molecule has 0 aromatic carbocycles. The van der Waals surface area contributed by atoms with Crippen LogP contribution in [0.4, 0.5) is 0 Å². The van der Waals surface area contributed by atoms with Crippen molar-refractivity contribution in [1.82, 2.24) is 0 Å². The normalized spacial score (nSPS) is 10.3. The molecule has 0 nitrogen and oxygen atoms in total. The summed E-state index contributed by atoms with van der Waals surface area (Å²) in [6, 6.07) is 4.12.